The van der Waals surface area contributed by atoms with Gasteiger partial charge in [-0.15, -0.1) is 12.4 Å². The molecular formula is C15H23ClN2O. The van der Waals surface area contributed by atoms with Crippen LogP contribution >= 0.6 is 12.4 Å². The molecule has 106 valence electrons. The zero-order chi connectivity index (χ0) is 13.1. The highest BCUT2D eigenvalue weighted by Gasteiger charge is 2.20. The van der Waals surface area contributed by atoms with Crippen LogP contribution in [0.25, 0.3) is 0 Å². The third kappa shape index (κ3) is 3.71. The third-order valence-electron chi connectivity index (χ3n) is 3.52. The van der Waals surface area contributed by atoms with Crippen LogP contribution in [0.5, 0.6) is 0 Å². The van der Waals surface area contributed by atoms with Gasteiger partial charge in [0.15, 0.2) is 0 Å². The maximum absolute atomic E-state index is 12.6. The summed E-state index contributed by atoms with van der Waals surface area (Å²) in [4.78, 5) is 14.6. The summed E-state index contributed by atoms with van der Waals surface area (Å²) in [6.45, 7) is 9.71. The Morgan fingerprint density at radius 2 is 1.74 bits per heavy atom. The van der Waals surface area contributed by atoms with Crippen LogP contribution in [0, 0.1) is 20.8 Å². The molecule has 1 heterocycles. The van der Waals surface area contributed by atoms with Gasteiger partial charge in [0.05, 0.1) is 0 Å². The number of carbonyl (C=O) groups excluding carboxylic acids is 1. The van der Waals surface area contributed by atoms with Crippen molar-refractivity contribution >= 4 is 18.3 Å². The monoisotopic (exact) mass is 282 g/mol. The molecule has 1 aromatic rings. The number of amides is 1. The Balaban J connectivity index is 0.00000180. The molecule has 0 bridgehead atoms. The van der Waals surface area contributed by atoms with Gasteiger partial charge in [0.25, 0.3) is 5.91 Å². The van der Waals surface area contributed by atoms with E-state index in [-0.39, 0.29) is 18.3 Å². The molecule has 0 unspecified atom stereocenters. The molecule has 0 radical (unpaired) electrons. The van der Waals surface area contributed by atoms with Crippen LogP contribution in [-0.2, 0) is 0 Å². The second-order valence-corrected chi connectivity index (χ2v) is 5.17. The van der Waals surface area contributed by atoms with Gasteiger partial charge in [-0.2, -0.15) is 0 Å². The summed E-state index contributed by atoms with van der Waals surface area (Å²) < 4.78 is 0. The Kier molecular flexibility index (Phi) is 5.83. The van der Waals surface area contributed by atoms with Gasteiger partial charge in [-0.3, -0.25) is 4.79 Å². The lowest BCUT2D eigenvalue weighted by Crippen LogP contribution is -2.35. The second kappa shape index (κ2) is 6.92. The van der Waals surface area contributed by atoms with Crippen molar-refractivity contribution in [2.75, 3.05) is 26.2 Å². The zero-order valence-corrected chi connectivity index (χ0v) is 12.8. The first-order valence-electron chi connectivity index (χ1n) is 6.67. The second-order valence-electron chi connectivity index (χ2n) is 5.17. The smallest absolute Gasteiger partial charge is 0.254 e. The van der Waals surface area contributed by atoms with E-state index < -0.39 is 0 Å². The number of aryl methyl sites for hydroxylation is 3. The Hall–Kier alpha value is -1.06. The highest BCUT2D eigenvalue weighted by molar-refractivity contribution is 5.97. The molecule has 0 atom stereocenters. The van der Waals surface area contributed by atoms with E-state index in [2.05, 4.69) is 24.4 Å². The summed E-state index contributed by atoms with van der Waals surface area (Å²) in [5.41, 5.74) is 4.30. The van der Waals surface area contributed by atoms with Crippen molar-refractivity contribution in [3.8, 4) is 0 Å². The molecule has 1 aromatic carbocycles. The highest BCUT2D eigenvalue weighted by atomic mass is 35.5. The topological polar surface area (TPSA) is 32.3 Å². The Bertz CT molecular complexity index is 428. The van der Waals surface area contributed by atoms with Crippen LogP contribution in [0.2, 0.25) is 0 Å². The third-order valence-corrected chi connectivity index (χ3v) is 3.52. The van der Waals surface area contributed by atoms with Gasteiger partial charge in [0, 0.05) is 25.2 Å². The van der Waals surface area contributed by atoms with Crippen molar-refractivity contribution in [3.63, 3.8) is 0 Å². The molecule has 2 rings (SSSR count). The Morgan fingerprint density at radius 1 is 1.11 bits per heavy atom. The molecule has 1 aliphatic heterocycles. The number of nitrogens with zero attached hydrogens (tertiary/aromatic N) is 1. The van der Waals surface area contributed by atoms with Crippen molar-refractivity contribution in [2.24, 2.45) is 0 Å². The van der Waals surface area contributed by atoms with E-state index in [0.29, 0.717) is 0 Å². The van der Waals surface area contributed by atoms with Crippen molar-refractivity contribution in [3.05, 3.63) is 34.4 Å². The quantitative estimate of drug-likeness (QED) is 0.858. The van der Waals surface area contributed by atoms with E-state index in [0.717, 1.165) is 49.3 Å². The number of benzene rings is 1. The predicted molar refractivity (Wildman–Crippen MR) is 81.3 cm³/mol. The van der Waals surface area contributed by atoms with Gasteiger partial charge in [-0.25, -0.2) is 0 Å². The van der Waals surface area contributed by atoms with Gasteiger partial charge in [-0.05, 0) is 44.9 Å². The van der Waals surface area contributed by atoms with Crippen molar-refractivity contribution < 1.29 is 4.79 Å². The van der Waals surface area contributed by atoms with E-state index in [1.807, 2.05) is 18.7 Å². The van der Waals surface area contributed by atoms with E-state index in [1.165, 1.54) is 5.56 Å². The predicted octanol–water partition coefficient (Wildman–Crippen LogP) is 2.47. The van der Waals surface area contributed by atoms with Gasteiger partial charge >= 0.3 is 0 Å². The first-order chi connectivity index (χ1) is 8.59. The van der Waals surface area contributed by atoms with Gasteiger partial charge < -0.3 is 10.2 Å². The molecule has 1 saturated heterocycles. The number of nitrogens with one attached hydrogen (secondary N) is 1. The Morgan fingerprint density at radius 3 is 2.37 bits per heavy atom. The van der Waals surface area contributed by atoms with Crippen molar-refractivity contribution in [1.82, 2.24) is 10.2 Å². The lowest BCUT2D eigenvalue weighted by molar-refractivity contribution is 0.0765. The number of hydrogen-bond donors (Lipinski definition) is 1. The first-order valence-corrected chi connectivity index (χ1v) is 6.67. The number of halogens is 1. The van der Waals surface area contributed by atoms with Crippen LogP contribution in [0.4, 0.5) is 0 Å². The molecule has 1 amide bonds. The molecule has 0 spiro atoms. The minimum atomic E-state index is 0. The number of hydrogen-bond acceptors (Lipinski definition) is 2. The average Bonchev–Trinajstić information content (AvgIpc) is 2.55. The van der Waals surface area contributed by atoms with E-state index >= 15 is 0 Å². The maximum Gasteiger partial charge on any atom is 0.254 e. The molecule has 3 nitrogen and oxygen atoms in total. The van der Waals surface area contributed by atoms with Crippen LogP contribution in [0.15, 0.2) is 12.1 Å². The fraction of sp³-hybridized carbons (Fsp3) is 0.533. The number of rotatable bonds is 1. The normalized spacial score (nSPS) is 15.6. The van der Waals surface area contributed by atoms with Gasteiger partial charge in [0.1, 0.15) is 0 Å². The average molecular weight is 283 g/mol. The van der Waals surface area contributed by atoms with Gasteiger partial charge in [-0.1, -0.05) is 17.7 Å². The molecule has 0 aromatic heterocycles. The summed E-state index contributed by atoms with van der Waals surface area (Å²) in [5.74, 6) is 0.189. The van der Waals surface area contributed by atoms with Crippen molar-refractivity contribution in [1.29, 1.82) is 0 Å². The molecule has 1 N–H and O–H groups in total. The maximum atomic E-state index is 12.6. The fourth-order valence-electron chi connectivity index (χ4n) is 2.72. The molecule has 0 saturated carbocycles. The van der Waals surface area contributed by atoms with Crippen LogP contribution in [0.3, 0.4) is 0 Å². The SMILES string of the molecule is Cc1cc(C)c(C(=O)N2CCCNCC2)c(C)c1.Cl. The minimum Gasteiger partial charge on any atom is -0.337 e. The summed E-state index contributed by atoms with van der Waals surface area (Å²) in [6.07, 6.45) is 1.04. The van der Waals surface area contributed by atoms with Crippen LogP contribution in [0.1, 0.15) is 33.5 Å². The molecule has 0 aliphatic carbocycles. The van der Waals surface area contributed by atoms with Crippen LogP contribution in [-0.4, -0.2) is 37.0 Å². The van der Waals surface area contributed by atoms with Gasteiger partial charge in [0.2, 0.25) is 0 Å². The van der Waals surface area contributed by atoms with E-state index in [1.54, 1.807) is 0 Å². The highest BCUT2D eigenvalue weighted by Crippen LogP contribution is 2.18. The molecule has 4 heteroatoms. The largest absolute Gasteiger partial charge is 0.337 e. The standard InChI is InChI=1S/C15H22N2O.ClH/c1-11-9-12(2)14(13(3)10-11)15(18)17-7-4-5-16-6-8-17;/h9-10,16H,4-8H2,1-3H3;1H. The molecule has 1 fully saturated rings. The lowest BCUT2D eigenvalue weighted by atomic mass is 9.98. The molecule has 1 aliphatic rings. The first kappa shape index (κ1) is 16.0. The minimum absolute atomic E-state index is 0. The molecule has 19 heavy (non-hydrogen) atoms. The van der Waals surface area contributed by atoms with Crippen molar-refractivity contribution in [2.45, 2.75) is 27.2 Å². The molecular weight excluding hydrogens is 260 g/mol. The lowest BCUT2D eigenvalue weighted by Gasteiger charge is -2.22. The summed E-state index contributed by atoms with van der Waals surface area (Å²) >= 11 is 0. The summed E-state index contributed by atoms with van der Waals surface area (Å²) in [6, 6.07) is 4.19. The van der Waals surface area contributed by atoms with E-state index in [9.17, 15) is 4.79 Å². The van der Waals surface area contributed by atoms with Crippen LogP contribution < -0.4 is 5.32 Å². The van der Waals surface area contributed by atoms with E-state index in [4.69, 9.17) is 0 Å². The fourth-order valence-corrected chi connectivity index (χ4v) is 2.72. The zero-order valence-electron chi connectivity index (χ0n) is 12.0. The Labute approximate surface area is 121 Å². The summed E-state index contributed by atoms with van der Waals surface area (Å²) in [7, 11) is 0. The summed E-state index contributed by atoms with van der Waals surface area (Å²) in [5, 5.41) is 3.33. The number of carbonyl (C=O) groups is 1.